The number of hydrogen-bond donors (Lipinski definition) is 3. The van der Waals surface area contributed by atoms with Crippen LogP contribution >= 0.6 is 0 Å². The van der Waals surface area contributed by atoms with Gasteiger partial charge in [-0.2, -0.15) is 0 Å². The van der Waals surface area contributed by atoms with Gasteiger partial charge in [-0.05, 0) is 12.1 Å². The van der Waals surface area contributed by atoms with Crippen LogP contribution in [0.3, 0.4) is 0 Å². The summed E-state index contributed by atoms with van der Waals surface area (Å²) in [5.41, 5.74) is 10.7. The van der Waals surface area contributed by atoms with Crippen LogP contribution in [0.2, 0.25) is 0 Å². The van der Waals surface area contributed by atoms with Crippen LogP contribution in [0, 0.1) is 10.1 Å². The number of nitrogens with one attached hydrogen (secondary N) is 1. The number of nitrogens with zero attached hydrogens (tertiary/aromatic N) is 2. The van der Waals surface area contributed by atoms with E-state index in [1.807, 2.05) is 0 Å². The first kappa shape index (κ1) is 12.4. The van der Waals surface area contributed by atoms with Crippen molar-refractivity contribution in [3.8, 4) is 0 Å². The minimum atomic E-state index is -0.441. The van der Waals surface area contributed by atoms with Gasteiger partial charge in [0.05, 0.1) is 10.5 Å². The van der Waals surface area contributed by atoms with Crippen LogP contribution in [0.5, 0.6) is 0 Å². The Balaban J connectivity index is 2.81. The molecule has 1 aromatic carbocycles. The van der Waals surface area contributed by atoms with E-state index < -0.39 is 4.92 Å². The van der Waals surface area contributed by atoms with Gasteiger partial charge in [-0.15, -0.1) is 5.10 Å². The molecule has 0 saturated heterocycles. The molecule has 0 atom stereocenters. The molecule has 0 spiro atoms. The maximum atomic E-state index is 10.7. The van der Waals surface area contributed by atoms with E-state index in [0.29, 0.717) is 5.56 Å². The maximum Gasteiger partial charge on any atom is 0.276 e. The number of nitro groups is 1. The predicted molar refractivity (Wildman–Crippen MR) is 65.0 cm³/mol. The number of benzene rings is 1. The van der Waals surface area contributed by atoms with Crippen molar-refractivity contribution in [3.63, 3.8) is 0 Å². The zero-order chi connectivity index (χ0) is 12.7. The summed E-state index contributed by atoms with van der Waals surface area (Å²) in [5.74, 6) is -0.0969. The van der Waals surface area contributed by atoms with Crippen molar-refractivity contribution in [2.75, 3.05) is 0 Å². The third-order valence-corrected chi connectivity index (χ3v) is 1.77. The van der Waals surface area contributed by atoms with Gasteiger partial charge in [0, 0.05) is 17.2 Å². The smallest absolute Gasteiger partial charge is 0.276 e. The Bertz CT molecular complexity index is 489. The highest BCUT2D eigenvalue weighted by atomic mass is 16.6. The van der Waals surface area contributed by atoms with Gasteiger partial charge < -0.3 is 11.5 Å². The standard InChI is InChI=1S/C10H11N5O2/c11-10(12)14-13-7-3-5-8-4-1-2-6-9(8)15(16)17/h1-7H,(H4,11,12,14)/p+1/b5-3+,13-7+. The van der Waals surface area contributed by atoms with Crippen molar-refractivity contribution in [1.29, 1.82) is 0 Å². The van der Waals surface area contributed by atoms with E-state index in [1.165, 1.54) is 12.3 Å². The van der Waals surface area contributed by atoms with E-state index in [9.17, 15) is 10.1 Å². The fourth-order valence-electron chi connectivity index (χ4n) is 1.10. The van der Waals surface area contributed by atoms with Gasteiger partial charge in [0.1, 0.15) is 0 Å². The molecular formula is C10H12N5O2+. The average Bonchev–Trinajstić information content (AvgIpc) is 2.28. The SMILES string of the molecule is NC(N)=N/[NH+]=C/C=C/c1ccccc1[N+](=O)[O-]. The molecule has 0 bridgehead atoms. The molecule has 0 aliphatic heterocycles. The molecule has 5 N–H and O–H groups in total. The normalized spacial score (nSPS) is 10.8. The number of nitro benzene ring substituents is 1. The number of allylic oxidation sites excluding steroid dienone is 1. The van der Waals surface area contributed by atoms with Crippen LogP contribution in [0.1, 0.15) is 5.56 Å². The largest absolute Gasteiger partial charge is 0.365 e. The second-order valence-electron chi connectivity index (χ2n) is 3.01. The van der Waals surface area contributed by atoms with E-state index in [0.717, 1.165) is 0 Å². The molecule has 0 heterocycles. The molecule has 1 rings (SSSR count). The Labute approximate surface area is 97.3 Å². The van der Waals surface area contributed by atoms with Crippen LogP contribution < -0.4 is 16.6 Å². The van der Waals surface area contributed by atoms with E-state index in [-0.39, 0.29) is 11.6 Å². The highest BCUT2D eigenvalue weighted by Gasteiger charge is 2.08. The monoisotopic (exact) mass is 234 g/mol. The lowest BCUT2D eigenvalue weighted by atomic mass is 10.2. The molecule has 0 fully saturated rings. The molecule has 7 heteroatoms. The van der Waals surface area contributed by atoms with Crippen molar-refractivity contribution < 1.29 is 10.0 Å². The molecule has 0 saturated carbocycles. The fraction of sp³-hybridized carbons (Fsp3) is 0. The lowest BCUT2D eigenvalue weighted by molar-refractivity contribution is -0.456. The summed E-state index contributed by atoms with van der Waals surface area (Å²) in [7, 11) is 0. The molecule has 1 aromatic rings. The van der Waals surface area contributed by atoms with Crippen molar-refractivity contribution in [2.24, 2.45) is 16.6 Å². The molecule has 7 nitrogen and oxygen atoms in total. The fourth-order valence-corrected chi connectivity index (χ4v) is 1.10. The Morgan fingerprint density at radius 2 is 2.12 bits per heavy atom. The highest BCUT2D eigenvalue weighted by molar-refractivity contribution is 5.77. The Morgan fingerprint density at radius 3 is 2.76 bits per heavy atom. The summed E-state index contributed by atoms with van der Waals surface area (Å²) in [6.45, 7) is 0. The summed E-state index contributed by atoms with van der Waals surface area (Å²) in [4.78, 5) is 10.2. The van der Waals surface area contributed by atoms with Gasteiger partial charge in [0.2, 0.25) is 0 Å². The first-order valence-electron chi connectivity index (χ1n) is 4.68. The number of guanidine groups is 1. The second kappa shape index (κ2) is 6.01. The summed E-state index contributed by atoms with van der Waals surface area (Å²) >= 11 is 0. The zero-order valence-electron chi connectivity index (χ0n) is 8.91. The minimum Gasteiger partial charge on any atom is -0.365 e. The second-order valence-corrected chi connectivity index (χ2v) is 3.01. The van der Waals surface area contributed by atoms with Crippen LogP contribution in [0.4, 0.5) is 5.69 Å². The van der Waals surface area contributed by atoms with Gasteiger partial charge in [0.15, 0.2) is 6.21 Å². The van der Waals surface area contributed by atoms with Crippen LogP contribution in [-0.4, -0.2) is 17.1 Å². The topological polar surface area (TPSA) is 122 Å². The molecule has 0 aromatic heterocycles. The summed E-state index contributed by atoms with van der Waals surface area (Å²) in [5, 5.41) is 16.6. The number of nitrogens with two attached hydrogens (primary N) is 2. The molecule has 0 unspecified atom stereocenters. The van der Waals surface area contributed by atoms with Gasteiger partial charge in [-0.3, -0.25) is 10.1 Å². The van der Waals surface area contributed by atoms with E-state index in [4.69, 9.17) is 11.5 Å². The predicted octanol–water partition coefficient (Wildman–Crippen LogP) is -1.05. The molecule has 88 valence electrons. The van der Waals surface area contributed by atoms with Gasteiger partial charge in [-0.1, -0.05) is 12.1 Å². The van der Waals surface area contributed by atoms with Gasteiger partial charge in [0.25, 0.3) is 11.6 Å². The number of rotatable bonds is 4. The Morgan fingerprint density at radius 1 is 1.41 bits per heavy atom. The lowest BCUT2D eigenvalue weighted by Gasteiger charge is -1.94. The minimum absolute atomic E-state index is 0.0407. The molecule has 0 aliphatic rings. The van der Waals surface area contributed by atoms with Crippen LogP contribution in [0.25, 0.3) is 6.08 Å². The number of para-hydroxylation sites is 1. The molecule has 0 radical (unpaired) electrons. The summed E-state index contributed by atoms with van der Waals surface area (Å²) in [6.07, 6.45) is 4.60. The van der Waals surface area contributed by atoms with Crippen molar-refractivity contribution >= 4 is 23.9 Å². The van der Waals surface area contributed by atoms with E-state index in [2.05, 4.69) is 10.2 Å². The van der Waals surface area contributed by atoms with Crippen molar-refractivity contribution in [3.05, 3.63) is 46.0 Å². The quantitative estimate of drug-likeness (QED) is 0.266. The highest BCUT2D eigenvalue weighted by Crippen LogP contribution is 2.18. The van der Waals surface area contributed by atoms with E-state index >= 15 is 0 Å². The van der Waals surface area contributed by atoms with Crippen LogP contribution in [0.15, 0.2) is 35.4 Å². The molecule has 0 amide bonds. The molecular weight excluding hydrogens is 222 g/mol. The maximum absolute atomic E-state index is 10.7. The van der Waals surface area contributed by atoms with Crippen molar-refractivity contribution in [2.45, 2.75) is 0 Å². The first-order valence-corrected chi connectivity index (χ1v) is 4.68. The number of hydrogen-bond acceptors (Lipinski definition) is 3. The molecule has 0 aliphatic carbocycles. The Kier molecular flexibility index (Phi) is 4.37. The van der Waals surface area contributed by atoms with E-state index in [1.54, 1.807) is 30.4 Å². The lowest BCUT2D eigenvalue weighted by Crippen LogP contribution is -2.63. The van der Waals surface area contributed by atoms with Crippen molar-refractivity contribution in [1.82, 2.24) is 0 Å². The molecule has 17 heavy (non-hydrogen) atoms. The zero-order valence-corrected chi connectivity index (χ0v) is 8.91. The van der Waals surface area contributed by atoms with Crippen LogP contribution in [-0.2, 0) is 0 Å². The average molecular weight is 234 g/mol. The summed E-state index contributed by atoms with van der Waals surface area (Å²) in [6, 6.07) is 6.40. The third-order valence-electron chi connectivity index (χ3n) is 1.77. The van der Waals surface area contributed by atoms with Gasteiger partial charge >= 0.3 is 0 Å². The first-order chi connectivity index (χ1) is 8.11. The number of hydrazone groups is 1. The van der Waals surface area contributed by atoms with Gasteiger partial charge in [-0.25, -0.2) is 0 Å². The third kappa shape index (κ3) is 4.12. The Hall–Kier alpha value is -2.70. The summed E-state index contributed by atoms with van der Waals surface area (Å²) < 4.78 is 0.